The maximum atomic E-state index is 14.6. The lowest BCUT2D eigenvalue weighted by Gasteiger charge is -2.20. The molecule has 0 aliphatic rings. The lowest BCUT2D eigenvalue weighted by Crippen LogP contribution is -2.37. The van der Waals surface area contributed by atoms with E-state index in [9.17, 15) is 14.0 Å². The summed E-state index contributed by atoms with van der Waals surface area (Å²) in [6, 6.07) is 13.1. The molecule has 2 aromatic carbocycles. The highest BCUT2D eigenvalue weighted by Gasteiger charge is 2.24. The monoisotopic (exact) mass is 413 g/mol. The molecule has 29 heavy (non-hydrogen) atoms. The third-order valence-electron chi connectivity index (χ3n) is 4.36. The second kappa shape index (κ2) is 9.22. The fourth-order valence-corrected chi connectivity index (χ4v) is 4.27. The molecule has 7 heteroatoms. The first-order valence-corrected chi connectivity index (χ1v) is 10.5. The van der Waals surface area contributed by atoms with E-state index >= 15 is 0 Å². The number of carbonyl (C=O) groups excluding carboxylic acids is 1. The lowest BCUT2D eigenvalue weighted by atomic mass is 10.2. The summed E-state index contributed by atoms with van der Waals surface area (Å²) in [5, 5.41) is 3.19. The summed E-state index contributed by atoms with van der Waals surface area (Å²) >= 11 is 1.20. The first-order chi connectivity index (χ1) is 13.9. The second-order valence-electron chi connectivity index (χ2n) is 7.06. The summed E-state index contributed by atoms with van der Waals surface area (Å²) in [4.78, 5) is 30.5. The molecule has 1 aromatic heterocycles. The molecule has 5 nitrogen and oxygen atoms in total. The van der Waals surface area contributed by atoms with Crippen LogP contribution in [0.25, 0.3) is 16.6 Å². The number of amides is 1. The van der Waals surface area contributed by atoms with E-state index in [0.717, 1.165) is 6.42 Å². The molecule has 0 spiro atoms. The van der Waals surface area contributed by atoms with E-state index in [-0.39, 0.29) is 23.2 Å². The van der Waals surface area contributed by atoms with E-state index in [1.54, 1.807) is 42.5 Å². The van der Waals surface area contributed by atoms with Gasteiger partial charge in [-0.3, -0.25) is 14.2 Å². The Morgan fingerprint density at radius 2 is 1.86 bits per heavy atom. The van der Waals surface area contributed by atoms with Gasteiger partial charge in [-0.15, -0.1) is 0 Å². The van der Waals surface area contributed by atoms with Crippen LogP contribution < -0.4 is 10.9 Å². The Morgan fingerprint density at radius 3 is 2.55 bits per heavy atom. The van der Waals surface area contributed by atoms with Crippen molar-refractivity contribution in [2.24, 2.45) is 0 Å². The maximum absolute atomic E-state index is 14.6. The van der Waals surface area contributed by atoms with Crippen LogP contribution >= 0.6 is 11.8 Å². The number of fused-ring (bicyclic) bond motifs is 1. The van der Waals surface area contributed by atoms with E-state index in [1.807, 2.05) is 20.8 Å². The molecular formula is C22H24FN3O2S. The van der Waals surface area contributed by atoms with E-state index in [1.165, 1.54) is 22.4 Å². The number of hydrogen-bond acceptors (Lipinski definition) is 4. The number of rotatable bonds is 7. The van der Waals surface area contributed by atoms with Gasteiger partial charge in [0.25, 0.3) is 5.56 Å². The Balaban J connectivity index is 2.17. The third kappa shape index (κ3) is 4.67. The third-order valence-corrected chi connectivity index (χ3v) is 5.58. The van der Waals surface area contributed by atoms with Crippen LogP contribution in [-0.4, -0.2) is 26.8 Å². The summed E-state index contributed by atoms with van der Waals surface area (Å²) in [6.45, 7) is 5.79. The number of para-hydroxylation sites is 2. The summed E-state index contributed by atoms with van der Waals surface area (Å²) in [6.07, 6.45) is 1.41. The van der Waals surface area contributed by atoms with Crippen LogP contribution in [0.3, 0.4) is 0 Å². The molecule has 1 N–H and O–H groups in total. The highest BCUT2D eigenvalue weighted by atomic mass is 32.2. The highest BCUT2D eigenvalue weighted by Crippen LogP contribution is 2.28. The van der Waals surface area contributed by atoms with Crippen LogP contribution in [-0.2, 0) is 4.79 Å². The smallest absolute Gasteiger partial charge is 0.266 e. The molecule has 152 valence electrons. The van der Waals surface area contributed by atoms with E-state index in [0.29, 0.717) is 22.5 Å². The Hall–Kier alpha value is -2.67. The standard InChI is InChI=1S/C22H24FN3O2S/c1-4-9-19(20(27)24-14(2)3)29-22-25-17-12-7-5-10-15(17)21(28)26(22)18-13-8-6-11-16(18)23/h5-8,10-14,19H,4,9H2,1-3H3,(H,24,27). The van der Waals surface area contributed by atoms with Crippen molar-refractivity contribution in [2.75, 3.05) is 0 Å². The second-order valence-corrected chi connectivity index (χ2v) is 8.23. The van der Waals surface area contributed by atoms with Crippen LogP contribution in [0.15, 0.2) is 58.5 Å². The minimum absolute atomic E-state index is 0.000722. The first kappa shape index (κ1) is 21.0. The van der Waals surface area contributed by atoms with Gasteiger partial charge in [0.2, 0.25) is 5.91 Å². The molecule has 1 atom stereocenters. The molecule has 0 aliphatic carbocycles. The van der Waals surface area contributed by atoms with Crippen molar-refractivity contribution < 1.29 is 9.18 Å². The summed E-state index contributed by atoms with van der Waals surface area (Å²) < 4.78 is 15.8. The number of nitrogens with one attached hydrogen (secondary N) is 1. The molecule has 0 bridgehead atoms. The summed E-state index contributed by atoms with van der Waals surface area (Å²) in [7, 11) is 0. The van der Waals surface area contributed by atoms with Gasteiger partial charge in [0.15, 0.2) is 5.16 Å². The van der Waals surface area contributed by atoms with Gasteiger partial charge in [-0.2, -0.15) is 0 Å². The first-order valence-electron chi connectivity index (χ1n) is 9.66. The van der Waals surface area contributed by atoms with E-state index < -0.39 is 11.1 Å². The topological polar surface area (TPSA) is 64.0 Å². The number of benzene rings is 2. The zero-order chi connectivity index (χ0) is 21.0. The number of halogens is 1. The van der Waals surface area contributed by atoms with Crippen molar-refractivity contribution in [2.45, 2.75) is 50.1 Å². The molecule has 0 aliphatic heterocycles. The molecular weight excluding hydrogens is 389 g/mol. The number of thioether (sulfide) groups is 1. The minimum atomic E-state index is -0.521. The van der Waals surface area contributed by atoms with Crippen molar-refractivity contribution >= 4 is 28.6 Å². The minimum Gasteiger partial charge on any atom is -0.353 e. The fraction of sp³-hybridized carbons (Fsp3) is 0.318. The number of nitrogens with zero attached hydrogens (tertiary/aromatic N) is 2. The summed E-state index contributed by atoms with van der Waals surface area (Å²) in [5.74, 6) is -0.637. The van der Waals surface area contributed by atoms with Crippen LogP contribution in [0.5, 0.6) is 0 Å². The average molecular weight is 414 g/mol. The van der Waals surface area contributed by atoms with Crippen molar-refractivity contribution in [1.29, 1.82) is 0 Å². The van der Waals surface area contributed by atoms with Gasteiger partial charge in [-0.1, -0.05) is 49.4 Å². The number of aromatic nitrogens is 2. The predicted octanol–water partition coefficient (Wildman–Crippen LogP) is 4.31. The normalized spacial score (nSPS) is 12.3. The molecule has 1 amide bonds. The number of carbonyl (C=O) groups is 1. The zero-order valence-electron chi connectivity index (χ0n) is 16.7. The fourth-order valence-electron chi connectivity index (χ4n) is 3.05. The number of hydrogen-bond donors (Lipinski definition) is 1. The molecule has 0 radical (unpaired) electrons. The SMILES string of the molecule is CCCC(Sc1nc2ccccc2c(=O)n1-c1ccccc1F)C(=O)NC(C)C. The van der Waals surface area contributed by atoms with Gasteiger partial charge >= 0.3 is 0 Å². The Morgan fingerprint density at radius 1 is 1.17 bits per heavy atom. The molecule has 1 unspecified atom stereocenters. The van der Waals surface area contributed by atoms with Crippen molar-refractivity contribution in [1.82, 2.24) is 14.9 Å². The Labute approximate surface area is 173 Å². The molecule has 0 fully saturated rings. The largest absolute Gasteiger partial charge is 0.353 e. The molecule has 3 aromatic rings. The van der Waals surface area contributed by atoms with Gasteiger partial charge in [-0.05, 0) is 44.5 Å². The zero-order valence-corrected chi connectivity index (χ0v) is 17.5. The van der Waals surface area contributed by atoms with E-state index in [2.05, 4.69) is 10.3 Å². The predicted molar refractivity (Wildman–Crippen MR) is 115 cm³/mol. The molecule has 0 saturated heterocycles. The average Bonchev–Trinajstić information content (AvgIpc) is 2.68. The van der Waals surface area contributed by atoms with Gasteiger partial charge < -0.3 is 5.32 Å². The lowest BCUT2D eigenvalue weighted by molar-refractivity contribution is -0.121. The summed E-state index contributed by atoms with van der Waals surface area (Å²) in [5.41, 5.74) is 0.285. The van der Waals surface area contributed by atoms with Crippen LogP contribution in [0.1, 0.15) is 33.6 Å². The van der Waals surface area contributed by atoms with Gasteiger partial charge in [0.05, 0.1) is 21.8 Å². The van der Waals surface area contributed by atoms with Crippen LogP contribution in [0.2, 0.25) is 0 Å². The quantitative estimate of drug-likeness (QED) is 0.463. The molecule has 3 rings (SSSR count). The van der Waals surface area contributed by atoms with Crippen molar-refractivity contribution in [3.63, 3.8) is 0 Å². The Kier molecular flexibility index (Phi) is 6.69. The maximum Gasteiger partial charge on any atom is 0.266 e. The Bertz CT molecular complexity index is 1080. The van der Waals surface area contributed by atoms with Crippen molar-refractivity contribution in [3.05, 3.63) is 64.7 Å². The highest BCUT2D eigenvalue weighted by molar-refractivity contribution is 8.00. The van der Waals surface area contributed by atoms with Crippen molar-refractivity contribution in [3.8, 4) is 5.69 Å². The van der Waals surface area contributed by atoms with Gasteiger partial charge in [0.1, 0.15) is 5.82 Å². The molecule has 0 saturated carbocycles. The van der Waals surface area contributed by atoms with Gasteiger partial charge in [0, 0.05) is 6.04 Å². The van der Waals surface area contributed by atoms with E-state index in [4.69, 9.17) is 0 Å². The molecule has 1 heterocycles. The van der Waals surface area contributed by atoms with Gasteiger partial charge in [-0.25, -0.2) is 9.37 Å². The van der Waals surface area contributed by atoms with Crippen LogP contribution in [0.4, 0.5) is 4.39 Å². The van der Waals surface area contributed by atoms with Crippen LogP contribution in [0, 0.1) is 5.82 Å².